The molecule has 3 aromatic rings. The summed E-state index contributed by atoms with van der Waals surface area (Å²) in [5.74, 6) is -0.437. The minimum atomic E-state index is -4.28. The zero-order valence-electron chi connectivity index (χ0n) is 21.2. The maximum absolute atomic E-state index is 13.2. The largest absolute Gasteiger partial charge is 0.387 e. The molecule has 220 valence electrons. The second-order valence-corrected chi connectivity index (χ2v) is 12.3. The zero-order valence-corrected chi connectivity index (χ0v) is 23.6. The Balaban J connectivity index is 1.20. The van der Waals surface area contributed by atoms with Gasteiger partial charge in [0.2, 0.25) is 0 Å². The molecule has 1 atom stereocenters. The Bertz CT molecular complexity index is 1570. The van der Waals surface area contributed by atoms with Gasteiger partial charge in [0.05, 0.1) is 10.7 Å². The predicted molar refractivity (Wildman–Crippen MR) is 145 cm³/mol. The number of halogens is 5. The Hall–Kier alpha value is -3.01. The standard InChI is InChI=1S/C25H24ClF4N5O4S2/c26-16-3-1-2-15(13-41(36,37)38)22(16)21-11-17(33-39-21)19-12-40-25(31-19)14-4-6-34(7-5-14)8-9-35-20(24(29)30)10-18(32-35)23(27)28/h1-3,8-10,12,14,21,23-24H,4-7,11,13H2,(H,36,37,38). The van der Waals surface area contributed by atoms with E-state index in [0.29, 0.717) is 53.1 Å². The highest BCUT2D eigenvalue weighted by Crippen LogP contribution is 2.38. The van der Waals surface area contributed by atoms with Crippen molar-refractivity contribution in [1.29, 1.82) is 0 Å². The van der Waals surface area contributed by atoms with Gasteiger partial charge in [0.25, 0.3) is 23.0 Å². The quantitative estimate of drug-likeness (QED) is 0.214. The van der Waals surface area contributed by atoms with Crippen LogP contribution < -0.4 is 0 Å². The summed E-state index contributed by atoms with van der Waals surface area (Å²) in [4.78, 5) is 12.3. The molecule has 0 amide bonds. The molecule has 2 aromatic heterocycles. The third-order valence-electron chi connectivity index (χ3n) is 6.82. The summed E-state index contributed by atoms with van der Waals surface area (Å²) >= 11 is 7.83. The monoisotopic (exact) mass is 633 g/mol. The van der Waals surface area contributed by atoms with E-state index in [1.165, 1.54) is 17.5 Å². The van der Waals surface area contributed by atoms with Crippen LogP contribution in [0.15, 0.2) is 41.0 Å². The van der Waals surface area contributed by atoms with E-state index in [0.717, 1.165) is 22.5 Å². The molecule has 0 saturated carbocycles. The topological polar surface area (TPSA) is 110 Å². The van der Waals surface area contributed by atoms with Gasteiger partial charge >= 0.3 is 0 Å². The first-order valence-electron chi connectivity index (χ1n) is 12.5. The second-order valence-electron chi connectivity index (χ2n) is 9.59. The minimum absolute atomic E-state index is 0.161. The fourth-order valence-corrected chi connectivity index (χ4v) is 6.79. The molecule has 41 heavy (non-hydrogen) atoms. The summed E-state index contributed by atoms with van der Waals surface area (Å²) in [7, 11) is -4.28. The number of thiazole rings is 1. The number of aromatic nitrogens is 3. The molecule has 1 unspecified atom stereocenters. The third kappa shape index (κ3) is 6.90. The van der Waals surface area contributed by atoms with E-state index in [2.05, 4.69) is 10.3 Å². The van der Waals surface area contributed by atoms with Gasteiger partial charge in [0, 0.05) is 53.8 Å². The maximum atomic E-state index is 13.2. The first-order valence-corrected chi connectivity index (χ1v) is 15.3. The van der Waals surface area contributed by atoms with Crippen LogP contribution in [0.25, 0.3) is 6.20 Å². The van der Waals surface area contributed by atoms with Crippen LogP contribution in [0.5, 0.6) is 0 Å². The van der Waals surface area contributed by atoms with Crippen LogP contribution in [0, 0.1) is 0 Å². The highest BCUT2D eigenvalue weighted by molar-refractivity contribution is 7.85. The molecule has 4 heterocycles. The van der Waals surface area contributed by atoms with Crippen LogP contribution in [-0.4, -0.2) is 51.4 Å². The van der Waals surface area contributed by atoms with Crippen molar-refractivity contribution in [3.8, 4) is 0 Å². The van der Waals surface area contributed by atoms with Gasteiger partial charge in [-0.25, -0.2) is 27.2 Å². The lowest BCUT2D eigenvalue weighted by atomic mass is 9.97. The molecular formula is C25H24ClF4N5O4S2. The number of hydrogen-bond acceptors (Lipinski definition) is 8. The number of benzene rings is 1. The van der Waals surface area contributed by atoms with Crippen LogP contribution >= 0.6 is 22.9 Å². The molecule has 0 spiro atoms. The van der Waals surface area contributed by atoms with E-state index in [1.807, 2.05) is 10.3 Å². The number of hydrogen-bond donors (Lipinski definition) is 1. The summed E-state index contributed by atoms with van der Waals surface area (Å²) < 4.78 is 85.3. The lowest BCUT2D eigenvalue weighted by Gasteiger charge is -2.30. The van der Waals surface area contributed by atoms with E-state index in [9.17, 15) is 30.5 Å². The van der Waals surface area contributed by atoms with E-state index in [4.69, 9.17) is 21.4 Å². The Kier molecular flexibility index (Phi) is 8.68. The van der Waals surface area contributed by atoms with Gasteiger partial charge in [-0.2, -0.15) is 13.5 Å². The van der Waals surface area contributed by atoms with Crippen molar-refractivity contribution in [2.75, 3.05) is 13.1 Å². The highest BCUT2D eigenvalue weighted by atomic mass is 35.5. The van der Waals surface area contributed by atoms with Gasteiger partial charge in [0.1, 0.15) is 22.9 Å². The van der Waals surface area contributed by atoms with Crippen LogP contribution in [0.2, 0.25) is 5.02 Å². The first kappa shape index (κ1) is 29.5. The molecule has 1 aromatic carbocycles. The molecule has 0 bridgehead atoms. The van der Waals surface area contributed by atoms with E-state index in [-0.39, 0.29) is 5.92 Å². The van der Waals surface area contributed by atoms with Gasteiger partial charge < -0.3 is 9.74 Å². The number of alkyl halides is 4. The molecule has 2 aliphatic rings. The number of piperidine rings is 1. The van der Waals surface area contributed by atoms with Gasteiger partial charge in [-0.3, -0.25) is 4.55 Å². The average Bonchev–Trinajstić information content (AvgIpc) is 3.66. The molecule has 2 aliphatic heterocycles. The Morgan fingerprint density at radius 1 is 1.17 bits per heavy atom. The lowest BCUT2D eigenvalue weighted by Crippen LogP contribution is -2.28. The first-order chi connectivity index (χ1) is 19.5. The number of oxime groups is 1. The maximum Gasteiger partial charge on any atom is 0.282 e. The predicted octanol–water partition coefficient (Wildman–Crippen LogP) is 6.43. The van der Waals surface area contributed by atoms with Crippen molar-refractivity contribution in [3.05, 3.63) is 74.1 Å². The normalized spacial score (nSPS) is 18.6. The Labute approximate surface area is 241 Å². The molecule has 16 heteroatoms. The zero-order chi connectivity index (χ0) is 29.3. The van der Waals surface area contributed by atoms with Crippen molar-refractivity contribution < 1.29 is 35.4 Å². The van der Waals surface area contributed by atoms with Crippen LogP contribution in [0.3, 0.4) is 0 Å². The van der Waals surface area contributed by atoms with E-state index < -0.39 is 46.2 Å². The summed E-state index contributed by atoms with van der Waals surface area (Å²) in [5, 5.41) is 10.8. The number of rotatable bonds is 9. The van der Waals surface area contributed by atoms with Crippen molar-refractivity contribution in [3.63, 3.8) is 0 Å². The number of nitrogens with zero attached hydrogens (tertiary/aromatic N) is 5. The van der Waals surface area contributed by atoms with Crippen molar-refractivity contribution in [1.82, 2.24) is 19.7 Å². The lowest BCUT2D eigenvalue weighted by molar-refractivity contribution is 0.0853. The third-order valence-corrected chi connectivity index (χ3v) is 8.83. The average molecular weight is 634 g/mol. The SMILES string of the molecule is O=S(=O)(O)Cc1cccc(Cl)c1C1CC(c2csc(C3CCN(C=Cn4nc(C(F)F)cc4C(F)F)CC3)n2)=NO1. The van der Waals surface area contributed by atoms with Crippen molar-refractivity contribution in [2.24, 2.45) is 5.16 Å². The molecular weight excluding hydrogens is 610 g/mol. The summed E-state index contributed by atoms with van der Waals surface area (Å²) in [5.41, 5.74) is 0.722. The second kappa shape index (κ2) is 12.1. The fourth-order valence-electron chi connectivity index (χ4n) is 4.83. The van der Waals surface area contributed by atoms with Gasteiger partial charge in [-0.15, -0.1) is 11.3 Å². The molecule has 0 aliphatic carbocycles. The fraction of sp³-hybridized carbons (Fsp3) is 0.400. The van der Waals surface area contributed by atoms with Crippen molar-refractivity contribution >= 4 is 45.0 Å². The number of likely N-dealkylation sites (tertiary alicyclic amines) is 1. The molecule has 9 nitrogen and oxygen atoms in total. The van der Waals surface area contributed by atoms with Crippen LogP contribution in [0.4, 0.5) is 17.6 Å². The Morgan fingerprint density at radius 3 is 2.61 bits per heavy atom. The Morgan fingerprint density at radius 2 is 1.93 bits per heavy atom. The van der Waals surface area contributed by atoms with Gasteiger partial charge in [-0.05, 0) is 30.5 Å². The van der Waals surface area contributed by atoms with E-state index >= 15 is 0 Å². The summed E-state index contributed by atoms with van der Waals surface area (Å²) in [6.45, 7) is 1.22. The van der Waals surface area contributed by atoms with Crippen molar-refractivity contribution in [2.45, 2.75) is 49.9 Å². The van der Waals surface area contributed by atoms with Gasteiger partial charge in [0.15, 0.2) is 6.10 Å². The molecule has 5 rings (SSSR count). The van der Waals surface area contributed by atoms with Gasteiger partial charge in [-0.1, -0.05) is 28.9 Å². The van der Waals surface area contributed by atoms with Crippen LogP contribution in [-0.2, 0) is 20.7 Å². The molecule has 1 fully saturated rings. The van der Waals surface area contributed by atoms with E-state index in [1.54, 1.807) is 24.4 Å². The smallest absolute Gasteiger partial charge is 0.282 e. The minimum Gasteiger partial charge on any atom is -0.387 e. The summed E-state index contributed by atoms with van der Waals surface area (Å²) in [6.07, 6.45) is -1.86. The molecule has 1 N–H and O–H groups in total. The highest BCUT2D eigenvalue weighted by Gasteiger charge is 2.31. The van der Waals surface area contributed by atoms with Crippen LogP contribution in [0.1, 0.15) is 77.4 Å². The molecule has 1 saturated heterocycles. The molecule has 0 radical (unpaired) electrons. The summed E-state index contributed by atoms with van der Waals surface area (Å²) in [6, 6.07) is 5.48.